The highest BCUT2D eigenvalue weighted by Gasteiger charge is 2.29. The fourth-order valence-corrected chi connectivity index (χ4v) is 1.14. The third-order valence-electron chi connectivity index (χ3n) is 2.04. The lowest BCUT2D eigenvalue weighted by Gasteiger charge is -2.19. The van der Waals surface area contributed by atoms with Crippen LogP contribution in [0.4, 0.5) is 18.9 Å². The third kappa shape index (κ3) is 4.13. The van der Waals surface area contributed by atoms with Gasteiger partial charge in [0.25, 0.3) is 0 Å². The van der Waals surface area contributed by atoms with Crippen molar-refractivity contribution in [1.29, 1.82) is 0 Å². The predicted octanol–water partition coefficient (Wildman–Crippen LogP) is 4.16. The van der Waals surface area contributed by atoms with E-state index in [4.69, 9.17) is 0 Å². The summed E-state index contributed by atoms with van der Waals surface area (Å²) in [4.78, 5) is 0. The Morgan fingerprint density at radius 2 is 1.50 bits per heavy atom. The van der Waals surface area contributed by atoms with E-state index in [0.29, 0.717) is 5.69 Å². The Kier molecular flexibility index (Phi) is 3.51. The van der Waals surface area contributed by atoms with Crippen LogP contribution in [0.3, 0.4) is 0 Å². The predicted molar refractivity (Wildman–Crippen MR) is 59.4 cm³/mol. The zero-order valence-electron chi connectivity index (χ0n) is 9.65. The fourth-order valence-electron chi connectivity index (χ4n) is 1.14. The largest absolute Gasteiger partial charge is 0.416 e. The van der Waals surface area contributed by atoms with Crippen molar-refractivity contribution >= 4 is 5.69 Å². The molecule has 0 aliphatic carbocycles. The van der Waals surface area contributed by atoms with Crippen LogP contribution >= 0.6 is 0 Å². The van der Waals surface area contributed by atoms with Crippen molar-refractivity contribution in [1.82, 2.24) is 0 Å². The number of anilines is 1. The van der Waals surface area contributed by atoms with Crippen LogP contribution in [0.1, 0.15) is 26.3 Å². The summed E-state index contributed by atoms with van der Waals surface area (Å²) in [6, 6.07) is 5.08. The van der Waals surface area contributed by atoms with Gasteiger partial charge < -0.3 is 5.32 Å². The number of rotatable bonds is 2. The SMILES string of the molecule is CC(C)(C)CNc1ccc(C(F)(F)F)cc1. The summed E-state index contributed by atoms with van der Waals surface area (Å²) >= 11 is 0. The normalized spacial score (nSPS) is 12.6. The molecule has 4 heteroatoms. The summed E-state index contributed by atoms with van der Waals surface area (Å²) in [5.74, 6) is 0. The maximum Gasteiger partial charge on any atom is 0.416 e. The molecule has 0 atom stereocenters. The van der Waals surface area contributed by atoms with E-state index in [9.17, 15) is 13.2 Å². The van der Waals surface area contributed by atoms with Crippen LogP contribution in [0.2, 0.25) is 0 Å². The Morgan fingerprint density at radius 1 is 1.00 bits per heavy atom. The first kappa shape index (κ1) is 12.9. The van der Waals surface area contributed by atoms with Gasteiger partial charge in [-0.3, -0.25) is 0 Å². The highest BCUT2D eigenvalue weighted by Crippen LogP contribution is 2.29. The molecule has 16 heavy (non-hydrogen) atoms. The Labute approximate surface area is 93.7 Å². The number of nitrogens with one attached hydrogen (secondary N) is 1. The van der Waals surface area contributed by atoms with Crippen LogP contribution in [0.5, 0.6) is 0 Å². The Hall–Kier alpha value is -1.19. The molecule has 0 radical (unpaired) electrons. The second kappa shape index (κ2) is 4.36. The monoisotopic (exact) mass is 231 g/mol. The molecule has 0 fully saturated rings. The molecule has 0 spiro atoms. The first-order chi connectivity index (χ1) is 7.18. The van der Waals surface area contributed by atoms with Crippen molar-refractivity contribution < 1.29 is 13.2 Å². The van der Waals surface area contributed by atoms with Gasteiger partial charge in [0.05, 0.1) is 5.56 Å². The van der Waals surface area contributed by atoms with Gasteiger partial charge in [-0.15, -0.1) is 0 Å². The van der Waals surface area contributed by atoms with E-state index < -0.39 is 11.7 Å². The molecule has 1 aromatic rings. The maximum absolute atomic E-state index is 12.3. The minimum absolute atomic E-state index is 0.0999. The summed E-state index contributed by atoms with van der Waals surface area (Å²) in [6.07, 6.45) is -4.26. The molecule has 90 valence electrons. The number of benzene rings is 1. The smallest absolute Gasteiger partial charge is 0.385 e. The molecule has 0 saturated carbocycles. The van der Waals surface area contributed by atoms with Gasteiger partial charge in [0.2, 0.25) is 0 Å². The summed E-state index contributed by atoms with van der Waals surface area (Å²) in [5.41, 5.74) is 0.194. The van der Waals surface area contributed by atoms with Crippen molar-refractivity contribution in [2.45, 2.75) is 26.9 Å². The standard InChI is InChI=1S/C12H16F3N/c1-11(2,3)8-16-10-6-4-9(5-7-10)12(13,14)15/h4-7,16H,8H2,1-3H3. The molecule has 0 aliphatic rings. The lowest BCUT2D eigenvalue weighted by atomic mass is 9.97. The van der Waals surface area contributed by atoms with Gasteiger partial charge in [-0.2, -0.15) is 13.2 Å². The molecule has 1 aromatic carbocycles. The average molecular weight is 231 g/mol. The number of alkyl halides is 3. The Bertz CT molecular complexity index is 333. The Balaban J connectivity index is 2.66. The van der Waals surface area contributed by atoms with E-state index in [1.54, 1.807) is 0 Å². The second-order valence-corrected chi connectivity index (χ2v) is 4.99. The van der Waals surface area contributed by atoms with Crippen LogP contribution in [0, 0.1) is 5.41 Å². The van der Waals surface area contributed by atoms with Gasteiger partial charge in [0.15, 0.2) is 0 Å². The van der Waals surface area contributed by atoms with Crippen LogP contribution < -0.4 is 5.32 Å². The highest BCUT2D eigenvalue weighted by molar-refractivity contribution is 5.45. The van der Waals surface area contributed by atoms with Crippen molar-refractivity contribution in [2.75, 3.05) is 11.9 Å². The summed E-state index contributed by atoms with van der Waals surface area (Å²) in [6.45, 7) is 6.90. The van der Waals surface area contributed by atoms with Crippen LogP contribution in [0.25, 0.3) is 0 Å². The van der Waals surface area contributed by atoms with Crippen molar-refractivity contribution in [3.8, 4) is 0 Å². The molecule has 0 heterocycles. The third-order valence-corrected chi connectivity index (χ3v) is 2.04. The fraction of sp³-hybridized carbons (Fsp3) is 0.500. The van der Waals surface area contributed by atoms with Crippen LogP contribution in [-0.2, 0) is 6.18 Å². The number of hydrogen-bond donors (Lipinski definition) is 1. The summed E-state index contributed by atoms with van der Waals surface area (Å²) in [5, 5.41) is 3.10. The van der Waals surface area contributed by atoms with E-state index in [1.807, 2.05) is 0 Å². The van der Waals surface area contributed by atoms with Crippen LogP contribution in [-0.4, -0.2) is 6.54 Å². The Morgan fingerprint density at radius 3 is 1.88 bits per heavy atom. The maximum atomic E-state index is 12.3. The molecule has 0 aromatic heterocycles. The molecule has 1 nitrogen and oxygen atoms in total. The lowest BCUT2D eigenvalue weighted by Crippen LogP contribution is -2.19. The molecule has 1 N–H and O–H groups in total. The van der Waals surface area contributed by atoms with Crippen molar-refractivity contribution in [3.05, 3.63) is 29.8 Å². The van der Waals surface area contributed by atoms with Gasteiger partial charge in [-0.25, -0.2) is 0 Å². The van der Waals surface area contributed by atoms with Crippen molar-refractivity contribution in [3.63, 3.8) is 0 Å². The zero-order chi connectivity index (χ0) is 12.4. The van der Waals surface area contributed by atoms with E-state index in [1.165, 1.54) is 12.1 Å². The zero-order valence-corrected chi connectivity index (χ0v) is 9.65. The summed E-state index contributed by atoms with van der Waals surface area (Å²) < 4.78 is 36.8. The van der Waals surface area contributed by atoms with Gasteiger partial charge in [-0.05, 0) is 29.7 Å². The average Bonchev–Trinajstić information content (AvgIpc) is 2.13. The molecular formula is C12H16F3N. The van der Waals surface area contributed by atoms with E-state index in [2.05, 4.69) is 26.1 Å². The van der Waals surface area contributed by atoms with E-state index in [-0.39, 0.29) is 5.41 Å². The van der Waals surface area contributed by atoms with E-state index in [0.717, 1.165) is 18.7 Å². The summed E-state index contributed by atoms with van der Waals surface area (Å²) in [7, 11) is 0. The van der Waals surface area contributed by atoms with Gasteiger partial charge in [0, 0.05) is 12.2 Å². The molecule has 0 bridgehead atoms. The molecule has 1 rings (SSSR count). The van der Waals surface area contributed by atoms with E-state index >= 15 is 0 Å². The quantitative estimate of drug-likeness (QED) is 0.805. The molecular weight excluding hydrogens is 215 g/mol. The van der Waals surface area contributed by atoms with Gasteiger partial charge >= 0.3 is 6.18 Å². The lowest BCUT2D eigenvalue weighted by molar-refractivity contribution is -0.137. The molecule has 0 saturated heterocycles. The number of halogens is 3. The van der Waals surface area contributed by atoms with Crippen LogP contribution in [0.15, 0.2) is 24.3 Å². The molecule has 0 aliphatic heterocycles. The van der Waals surface area contributed by atoms with Gasteiger partial charge in [0.1, 0.15) is 0 Å². The first-order valence-corrected chi connectivity index (χ1v) is 5.10. The highest BCUT2D eigenvalue weighted by atomic mass is 19.4. The molecule has 0 unspecified atom stereocenters. The minimum atomic E-state index is -4.26. The topological polar surface area (TPSA) is 12.0 Å². The van der Waals surface area contributed by atoms with Gasteiger partial charge in [-0.1, -0.05) is 20.8 Å². The van der Waals surface area contributed by atoms with Crippen molar-refractivity contribution in [2.24, 2.45) is 5.41 Å². The number of hydrogen-bond acceptors (Lipinski definition) is 1. The minimum Gasteiger partial charge on any atom is -0.385 e. The first-order valence-electron chi connectivity index (χ1n) is 5.10. The second-order valence-electron chi connectivity index (χ2n) is 4.99. The molecule has 0 amide bonds.